The molecule has 0 aromatic heterocycles. The fourth-order valence-corrected chi connectivity index (χ4v) is 2.39. The highest BCUT2D eigenvalue weighted by Crippen LogP contribution is 2.11. The maximum Gasteiger partial charge on any atom is 0.317 e. The van der Waals surface area contributed by atoms with E-state index in [0.717, 1.165) is 32.4 Å². The van der Waals surface area contributed by atoms with E-state index in [0.29, 0.717) is 0 Å². The summed E-state index contributed by atoms with van der Waals surface area (Å²) in [5.41, 5.74) is 0. The molecule has 0 spiro atoms. The number of hydrogen-bond acceptors (Lipinski definition) is 3. The number of carbonyl (C=O) groups excluding carboxylic acids is 1. The van der Waals surface area contributed by atoms with Crippen LogP contribution in [-0.4, -0.2) is 59.0 Å². The zero-order valence-corrected chi connectivity index (χ0v) is 12.1. The van der Waals surface area contributed by atoms with Gasteiger partial charge in [-0.2, -0.15) is 0 Å². The molecule has 1 unspecified atom stereocenters. The molecule has 1 atom stereocenters. The molecular formula is C14H26N2O3. The quantitative estimate of drug-likeness (QED) is 0.796. The first-order chi connectivity index (χ1) is 9.04. The van der Waals surface area contributed by atoms with Crippen LogP contribution in [0.2, 0.25) is 0 Å². The molecule has 1 saturated heterocycles. The Hall–Kier alpha value is -1.10. The first kappa shape index (κ1) is 16.0. The largest absolute Gasteiger partial charge is 0.480 e. The Morgan fingerprint density at radius 2 is 1.74 bits per heavy atom. The van der Waals surface area contributed by atoms with Gasteiger partial charge in [0.05, 0.1) is 13.1 Å². The van der Waals surface area contributed by atoms with Crippen LogP contribution >= 0.6 is 0 Å². The van der Waals surface area contributed by atoms with Gasteiger partial charge in [-0.1, -0.05) is 19.8 Å². The van der Waals surface area contributed by atoms with Crippen molar-refractivity contribution in [1.82, 2.24) is 9.80 Å². The van der Waals surface area contributed by atoms with Crippen LogP contribution in [0.25, 0.3) is 0 Å². The van der Waals surface area contributed by atoms with Crippen molar-refractivity contribution in [2.75, 3.05) is 26.2 Å². The van der Waals surface area contributed by atoms with Crippen molar-refractivity contribution in [1.29, 1.82) is 0 Å². The Balaban J connectivity index is 2.55. The van der Waals surface area contributed by atoms with Crippen molar-refractivity contribution >= 4 is 11.9 Å². The minimum atomic E-state index is -0.871. The van der Waals surface area contributed by atoms with Crippen molar-refractivity contribution in [2.24, 2.45) is 0 Å². The number of rotatable bonds is 6. The molecule has 110 valence electrons. The fourth-order valence-electron chi connectivity index (χ4n) is 2.39. The molecule has 1 N–H and O–H groups in total. The summed E-state index contributed by atoms with van der Waals surface area (Å²) in [6.45, 7) is 5.78. The molecule has 1 fully saturated rings. The van der Waals surface area contributed by atoms with E-state index in [2.05, 4.69) is 0 Å². The van der Waals surface area contributed by atoms with Crippen molar-refractivity contribution in [2.45, 2.75) is 52.0 Å². The molecule has 0 saturated carbocycles. The summed E-state index contributed by atoms with van der Waals surface area (Å²) >= 11 is 0. The van der Waals surface area contributed by atoms with Crippen LogP contribution in [0.4, 0.5) is 0 Å². The number of hydrogen-bond donors (Lipinski definition) is 1. The van der Waals surface area contributed by atoms with Gasteiger partial charge in [-0.05, 0) is 26.2 Å². The molecule has 5 nitrogen and oxygen atoms in total. The first-order valence-electron chi connectivity index (χ1n) is 7.28. The number of amides is 1. The third-order valence-corrected chi connectivity index (χ3v) is 3.85. The van der Waals surface area contributed by atoms with E-state index in [9.17, 15) is 9.59 Å². The van der Waals surface area contributed by atoms with Gasteiger partial charge in [-0.15, -0.1) is 0 Å². The van der Waals surface area contributed by atoms with Crippen LogP contribution in [0.1, 0.15) is 46.0 Å². The summed E-state index contributed by atoms with van der Waals surface area (Å²) in [6.07, 6.45) is 5.35. The molecule has 19 heavy (non-hydrogen) atoms. The molecule has 5 heteroatoms. The van der Waals surface area contributed by atoms with E-state index in [1.807, 2.05) is 18.7 Å². The van der Waals surface area contributed by atoms with E-state index >= 15 is 0 Å². The highest BCUT2D eigenvalue weighted by atomic mass is 16.4. The number of nitrogens with zero attached hydrogens (tertiary/aromatic N) is 2. The minimum Gasteiger partial charge on any atom is -0.480 e. The van der Waals surface area contributed by atoms with Crippen molar-refractivity contribution in [3.8, 4) is 0 Å². The van der Waals surface area contributed by atoms with Crippen LogP contribution in [0.15, 0.2) is 0 Å². The van der Waals surface area contributed by atoms with E-state index in [1.165, 1.54) is 12.8 Å². The third-order valence-electron chi connectivity index (χ3n) is 3.85. The summed E-state index contributed by atoms with van der Waals surface area (Å²) in [5.74, 6) is -0.799. The van der Waals surface area contributed by atoms with Gasteiger partial charge in [-0.3, -0.25) is 14.5 Å². The van der Waals surface area contributed by atoms with Crippen LogP contribution in [0, 0.1) is 0 Å². The summed E-state index contributed by atoms with van der Waals surface area (Å²) in [6, 6.07) is 0.118. The molecule has 1 aliphatic rings. The van der Waals surface area contributed by atoms with Gasteiger partial charge in [-0.25, -0.2) is 0 Å². The molecule has 0 aromatic rings. The van der Waals surface area contributed by atoms with Crippen molar-refractivity contribution in [3.05, 3.63) is 0 Å². The second kappa shape index (κ2) is 8.15. The lowest BCUT2D eigenvalue weighted by molar-refractivity contribution is -0.140. The molecule has 0 radical (unpaired) electrons. The van der Waals surface area contributed by atoms with Crippen molar-refractivity contribution < 1.29 is 14.7 Å². The second-order valence-corrected chi connectivity index (χ2v) is 5.35. The standard InChI is InChI=1S/C14H26N2O3/c1-3-12(2)16(11-14(18)19)10-13(17)15-8-6-4-5-7-9-15/h12H,3-11H2,1-2H3,(H,18,19). The molecule has 1 rings (SSSR count). The Morgan fingerprint density at radius 1 is 1.16 bits per heavy atom. The van der Waals surface area contributed by atoms with Crippen molar-refractivity contribution in [3.63, 3.8) is 0 Å². The number of aliphatic carboxylic acids is 1. The maximum absolute atomic E-state index is 12.3. The van der Waals surface area contributed by atoms with Gasteiger partial charge in [0.25, 0.3) is 0 Å². The maximum atomic E-state index is 12.3. The molecule has 1 aliphatic heterocycles. The third kappa shape index (κ3) is 5.59. The minimum absolute atomic E-state index is 0.0609. The number of carbonyl (C=O) groups is 2. The van der Waals surface area contributed by atoms with E-state index in [4.69, 9.17) is 5.11 Å². The van der Waals surface area contributed by atoms with Gasteiger partial charge in [0, 0.05) is 19.1 Å². The zero-order chi connectivity index (χ0) is 14.3. The topological polar surface area (TPSA) is 60.9 Å². The van der Waals surface area contributed by atoms with Gasteiger partial charge in [0.1, 0.15) is 0 Å². The fraction of sp³-hybridized carbons (Fsp3) is 0.857. The summed E-state index contributed by atoms with van der Waals surface area (Å²) < 4.78 is 0. The average Bonchev–Trinajstić information content (AvgIpc) is 2.65. The highest BCUT2D eigenvalue weighted by molar-refractivity contribution is 5.79. The van der Waals surface area contributed by atoms with Crippen LogP contribution in [0.5, 0.6) is 0 Å². The lowest BCUT2D eigenvalue weighted by Gasteiger charge is -2.29. The van der Waals surface area contributed by atoms with Crippen LogP contribution in [-0.2, 0) is 9.59 Å². The molecule has 0 bridgehead atoms. The Bertz CT molecular complexity index is 299. The lowest BCUT2D eigenvalue weighted by Crippen LogP contribution is -2.45. The van der Waals surface area contributed by atoms with E-state index in [1.54, 1.807) is 4.90 Å². The number of carboxylic acids is 1. The van der Waals surface area contributed by atoms with E-state index < -0.39 is 5.97 Å². The summed E-state index contributed by atoms with van der Waals surface area (Å²) in [5, 5.41) is 8.93. The Kier molecular flexibility index (Phi) is 6.84. The van der Waals surface area contributed by atoms with Gasteiger partial charge in [0.2, 0.25) is 5.91 Å². The summed E-state index contributed by atoms with van der Waals surface area (Å²) in [7, 11) is 0. The predicted octanol–water partition coefficient (Wildman–Crippen LogP) is 1.57. The van der Waals surface area contributed by atoms with Gasteiger partial charge < -0.3 is 10.0 Å². The molecule has 0 aliphatic carbocycles. The first-order valence-corrected chi connectivity index (χ1v) is 7.28. The Labute approximate surface area is 115 Å². The SMILES string of the molecule is CCC(C)N(CC(=O)O)CC(=O)N1CCCCCC1. The van der Waals surface area contributed by atoms with E-state index in [-0.39, 0.29) is 25.0 Å². The zero-order valence-electron chi connectivity index (χ0n) is 12.1. The monoisotopic (exact) mass is 270 g/mol. The Morgan fingerprint density at radius 3 is 2.21 bits per heavy atom. The second-order valence-electron chi connectivity index (χ2n) is 5.35. The summed E-state index contributed by atoms with van der Waals surface area (Å²) in [4.78, 5) is 26.8. The molecular weight excluding hydrogens is 244 g/mol. The van der Waals surface area contributed by atoms with Gasteiger partial charge >= 0.3 is 5.97 Å². The van der Waals surface area contributed by atoms with Gasteiger partial charge in [0.15, 0.2) is 0 Å². The molecule has 0 aromatic carbocycles. The highest BCUT2D eigenvalue weighted by Gasteiger charge is 2.22. The molecule has 1 amide bonds. The predicted molar refractivity (Wildman–Crippen MR) is 74.0 cm³/mol. The average molecular weight is 270 g/mol. The number of likely N-dealkylation sites (tertiary alicyclic amines) is 1. The number of carboxylic acid groups (broad SMARTS) is 1. The lowest BCUT2D eigenvalue weighted by atomic mass is 10.2. The van der Waals surface area contributed by atoms with Crippen LogP contribution in [0.3, 0.4) is 0 Å². The normalized spacial score (nSPS) is 18.2. The molecule has 1 heterocycles. The smallest absolute Gasteiger partial charge is 0.317 e. The van der Waals surface area contributed by atoms with Crippen LogP contribution < -0.4 is 0 Å².